The van der Waals surface area contributed by atoms with Crippen LogP contribution in [0.25, 0.3) is 0 Å². The number of rotatable bonds is 5. The summed E-state index contributed by atoms with van der Waals surface area (Å²) in [5, 5.41) is 0. The fraction of sp³-hybridized carbons (Fsp3) is 0.533. The Kier molecular flexibility index (Phi) is 5.20. The average molecular weight is 234 g/mol. The van der Waals surface area contributed by atoms with Crippen molar-refractivity contribution in [1.29, 1.82) is 0 Å². The molecule has 2 unspecified atom stereocenters. The van der Waals surface area contributed by atoms with Gasteiger partial charge in [-0.1, -0.05) is 39.3 Å². The van der Waals surface area contributed by atoms with Crippen LogP contribution < -0.4 is 0 Å². The second kappa shape index (κ2) is 6.43. The lowest BCUT2D eigenvalue weighted by Crippen LogP contribution is -2.10. The standard InChI is InChI=1S/C15H22O2/c1-5-11(2)12(3)10-13-6-8-14(9-7-13)15(16)17-4/h6-9,11-12H,5,10H2,1-4H3. The van der Waals surface area contributed by atoms with Crippen LogP contribution in [0.3, 0.4) is 0 Å². The summed E-state index contributed by atoms with van der Waals surface area (Å²) in [6.07, 6.45) is 2.28. The molecule has 1 aromatic carbocycles. The van der Waals surface area contributed by atoms with Gasteiger partial charge in [-0.15, -0.1) is 0 Å². The molecule has 2 heteroatoms. The van der Waals surface area contributed by atoms with Crippen LogP contribution in [0.1, 0.15) is 43.1 Å². The maximum absolute atomic E-state index is 11.3. The molecule has 0 amide bonds. The van der Waals surface area contributed by atoms with Gasteiger partial charge in [-0.3, -0.25) is 0 Å². The van der Waals surface area contributed by atoms with E-state index in [1.165, 1.54) is 19.1 Å². The van der Waals surface area contributed by atoms with E-state index in [-0.39, 0.29) is 5.97 Å². The molecule has 0 aliphatic heterocycles. The Morgan fingerprint density at radius 1 is 1.18 bits per heavy atom. The molecule has 1 aromatic rings. The summed E-state index contributed by atoms with van der Waals surface area (Å²) in [7, 11) is 1.40. The van der Waals surface area contributed by atoms with Crippen LogP contribution in [0.4, 0.5) is 0 Å². The molecule has 0 N–H and O–H groups in total. The predicted molar refractivity (Wildman–Crippen MR) is 70.1 cm³/mol. The van der Waals surface area contributed by atoms with Gasteiger partial charge in [-0.2, -0.15) is 0 Å². The van der Waals surface area contributed by atoms with E-state index in [1.54, 1.807) is 0 Å². The second-order valence-electron chi connectivity index (χ2n) is 4.76. The number of hydrogen-bond acceptors (Lipinski definition) is 2. The molecule has 17 heavy (non-hydrogen) atoms. The second-order valence-corrected chi connectivity index (χ2v) is 4.76. The third-order valence-electron chi connectivity index (χ3n) is 3.55. The summed E-state index contributed by atoms with van der Waals surface area (Å²) in [5.41, 5.74) is 1.90. The van der Waals surface area contributed by atoms with Crippen LogP contribution in [-0.4, -0.2) is 13.1 Å². The Hall–Kier alpha value is -1.31. The monoisotopic (exact) mass is 234 g/mol. The summed E-state index contributed by atoms with van der Waals surface area (Å²) in [6, 6.07) is 7.71. The Balaban J connectivity index is 2.65. The normalized spacial score (nSPS) is 14.1. The van der Waals surface area contributed by atoms with Crippen LogP contribution in [-0.2, 0) is 11.2 Å². The van der Waals surface area contributed by atoms with Crippen molar-refractivity contribution in [2.75, 3.05) is 7.11 Å². The third-order valence-corrected chi connectivity index (χ3v) is 3.55. The van der Waals surface area contributed by atoms with Gasteiger partial charge < -0.3 is 4.74 Å². The lowest BCUT2D eigenvalue weighted by Gasteiger charge is -2.18. The van der Waals surface area contributed by atoms with Gasteiger partial charge >= 0.3 is 5.97 Å². The van der Waals surface area contributed by atoms with E-state index < -0.39 is 0 Å². The molecule has 0 fully saturated rings. The molecule has 94 valence electrons. The first kappa shape index (κ1) is 13.8. The summed E-state index contributed by atoms with van der Waals surface area (Å²) in [5.74, 6) is 1.13. The van der Waals surface area contributed by atoms with E-state index in [2.05, 4.69) is 25.5 Å². The van der Waals surface area contributed by atoms with Gasteiger partial charge in [0.05, 0.1) is 12.7 Å². The fourth-order valence-electron chi connectivity index (χ4n) is 1.87. The molecule has 0 aliphatic rings. The van der Waals surface area contributed by atoms with Crippen LogP contribution in [0.15, 0.2) is 24.3 Å². The summed E-state index contributed by atoms with van der Waals surface area (Å²) in [4.78, 5) is 11.3. The zero-order chi connectivity index (χ0) is 12.8. The molecule has 0 radical (unpaired) electrons. The van der Waals surface area contributed by atoms with Crippen LogP contribution in [0.2, 0.25) is 0 Å². The highest BCUT2D eigenvalue weighted by molar-refractivity contribution is 5.89. The average Bonchev–Trinajstić information content (AvgIpc) is 2.37. The van der Waals surface area contributed by atoms with E-state index in [0.717, 1.165) is 12.3 Å². The quantitative estimate of drug-likeness (QED) is 0.726. The van der Waals surface area contributed by atoms with E-state index in [0.29, 0.717) is 11.5 Å². The van der Waals surface area contributed by atoms with Gasteiger partial charge in [-0.05, 0) is 36.0 Å². The number of esters is 1. The van der Waals surface area contributed by atoms with Crippen molar-refractivity contribution < 1.29 is 9.53 Å². The van der Waals surface area contributed by atoms with Gasteiger partial charge in [0.1, 0.15) is 0 Å². The Morgan fingerprint density at radius 3 is 2.24 bits per heavy atom. The summed E-state index contributed by atoms with van der Waals surface area (Å²) < 4.78 is 4.67. The zero-order valence-electron chi connectivity index (χ0n) is 11.2. The van der Waals surface area contributed by atoms with Crippen molar-refractivity contribution in [3.63, 3.8) is 0 Å². The van der Waals surface area contributed by atoms with Crippen LogP contribution in [0.5, 0.6) is 0 Å². The molecule has 0 saturated carbocycles. The van der Waals surface area contributed by atoms with Crippen molar-refractivity contribution in [2.24, 2.45) is 11.8 Å². The first-order valence-corrected chi connectivity index (χ1v) is 6.25. The number of carbonyl (C=O) groups is 1. The maximum atomic E-state index is 11.3. The molecule has 2 nitrogen and oxygen atoms in total. The number of hydrogen-bond donors (Lipinski definition) is 0. The van der Waals surface area contributed by atoms with Gasteiger partial charge in [0.15, 0.2) is 0 Å². The fourth-order valence-corrected chi connectivity index (χ4v) is 1.87. The molecule has 0 aromatic heterocycles. The number of carbonyl (C=O) groups excluding carboxylic acids is 1. The van der Waals surface area contributed by atoms with E-state index >= 15 is 0 Å². The largest absolute Gasteiger partial charge is 0.465 e. The minimum Gasteiger partial charge on any atom is -0.465 e. The molecule has 0 spiro atoms. The summed E-state index contributed by atoms with van der Waals surface area (Å²) in [6.45, 7) is 6.79. The molecular weight excluding hydrogens is 212 g/mol. The number of methoxy groups -OCH3 is 1. The van der Waals surface area contributed by atoms with Crippen molar-refractivity contribution in [1.82, 2.24) is 0 Å². The molecular formula is C15H22O2. The lowest BCUT2D eigenvalue weighted by atomic mass is 9.88. The van der Waals surface area contributed by atoms with Crippen molar-refractivity contribution >= 4 is 5.97 Å². The van der Waals surface area contributed by atoms with E-state index in [4.69, 9.17) is 0 Å². The predicted octanol–water partition coefficient (Wildman–Crippen LogP) is 3.70. The van der Waals surface area contributed by atoms with E-state index in [9.17, 15) is 4.79 Å². The Labute approximate surface area is 104 Å². The first-order valence-electron chi connectivity index (χ1n) is 6.25. The van der Waals surface area contributed by atoms with Gasteiger partial charge in [0.25, 0.3) is 0 Å². The lowest BCUT2D eigenvalue weighted by molar-refractivity contribution is 0.0600. The SMILES string of the molecule is CCC(C)C(C)Cc1ccc(C(=O)OC)cc1. The van der Waals surface area contributed by atoms with Crippen LogP contribution in [0, 0.1) is 11.8 Å². The van der Waals surface area contributed by atoms with Crippen LogP contribution >= 0.6 is 0 Å². The Morgan fingerprint density at radius 2 is 1.76 bits per heavy atom. The molecule has 1 rings (SSSR count). The van der Waals surface area contributed by atoms with Crippen molar-refractivity contribution in [2.45, 2.75) is 33.6 Å². The maximum Gasteiger partial charge on any atom is 0.337 e. The minimum absolute atomic E-state index is 0.272. The Bertz CT molecular complexity index is 354. The highest BCUT2D eigenvalue weighted by Gasteiger charge is 2.11. The molecule has 2 atom stereocenters. The number of benzene rings is 1. The number of ether oxygens (including phenoxy) is 1. The zero-order valence-corrected chi connectivity index (χ0v) is 11.2. The molecule has 0 saturated heterocycles. The third kappa shape index (κ3) is 3.88. The van der Waals surface area contributed by atoms with Gasteiger partial charge in [0, 0.05) is 0 Å². The van der Waals surface area contributed by atoms with E-state index in [1.807, 2.05) is 24.3 Å². The van der Waals surface area contributed by atoms with Gasteiger partial charge in [-0.25, -0.2) is 4.79 Å². The smallest absolute Gasteiger partial charge is 0.337 e. The summed E-state index contributed by atoms with van der Waals surface area (Å²) >= 11 is 0. The van der Waals surface area contributed by atoms with Crippen molar-refractivity contribution in [3.05, 3.63) is 35.4 Å². The minimum atomic E-state index is -0.272. The molecule has 0 bridgehead atoms. The topological polar surface area (TPSA) is 26.3 Å². The molecule has 0 aliphatic carbocycles. The van der Waals surface area contributed by atoms with Crippen molar-refractivity contribution in [3.8, 4) is 0 Å². The van der Waals surface area contributed by atoms with Gasteiger partial charge in [0.2, 0.25) is 0 Å². The highest BCUT2D eigenvalue weighted by atomic mass is 16.5. The first-order chi connectivity index (χ1) is 8.08. The highest BCUT2D eigenvalue weighted by Crippen LogP contribution is 2.19. The molecule has 0 heterocycles.